The van der Waals surface area contributed by atoms with Gasteiger partial charge in [-0.2, -0.15) is 0 Å². The van der Waals surface area contributed by atoms with Gasteiger partial charge in [-0.3, -0.25) is 4.79 Å². The first-order valence-electron chi connectivity index (χ1n) is 6.14. The first-order valence-corrected chi connectivity index (χ1v) is 6.14. The fraction of sp³-hybridized carbons (Fsp3) is 0.500. The van der Waals surface area contributed by atoms with Gasteiger partial charge in [-0.05, 0) is 32.4 Å². The van der Waals surface area contributed by atoms with Crippen LogP contribution in [0.2, 0.25) is 0 Å². The van der Waals surface area contributed by atoms with Crippen LogP contribution in [-0.4, -0.2) is 30.1 Å². The van der Waals surface area contributed by atoms with Gasteiger partial charge in [0.15, 0.2) is 0 Å². The average Bonchev–Trinajstić information content (AvgIpc) is 2.35. The second-order valence-corrected chi connectivity index (χ2v) is 4.64. The smallest absolute Gasteiger partial charge is 0.251 e. The van der Waals surface area contributed by atoms with Gasteiger partial charge in [0.1, 0.15) is 6.10 Å². The number of hydrogen-bond donors (Lipinski definition) is 1. The van der Waals surface area contributed by atoms with Crippen LogP contribution in [0, 0.1) is 0 Å². The second kappa shape index (κ2) is 6.40. The minimum absolute atomic E-state index is 0.0178. The van der Waals surface area contributed by atoms with Crippen molar-refractivity contribution in [1.29, 1.82) is 0 Å². The molecule has 0 aromatic heterocycles. The number of carbonyl (C=O) groups excluding carboxylic acids is 1. The lowest BCUT2D eigenvalue weighted by molar-refractivity contribution is -0.143. The van der Waals surface area contributed by atoms with E-state index in [2.05, 4.69) is 0 Å². The molecule has 1 rings (SSSR count). The number of anilines is 1. The monoisotopic (exact) mass is 250 g/mol. The zero-order chi connectivity index (χ0) is 13.7. The van der Waals surface area contributed by atoms with Gasteiger partial charge in [0.2, 0.25) is 0 Å². The molecule has 0 fully saturated rings. The van der Waals surface area contributed by atoms with E-state index < -0.39 is 6.10 Å². The van der Waals surface area contributed by atoms with E-state index in [1.54, 1.807) is 11.8 Å². The predicted molar refractivity (Wildman–Crippen MR) is 73.0 cm³/mol. The molecular weight excluding hydrogens is 228 g/mol. The van der Waals surface area contributed by atoms with Crippen LogP contribution in [0.3, 0.4) is 0 Å². The highest BCUT2D eigenvalue weighted by molar-refractivity contribution is 5.81. The molecule has 1 aromatic carbocycles. The molecule has 0 aliphatic carbocycles. The lowest BCUT2D eigenvalue weighted by Crippen LogP contribution is -2.42. The molecule has 100 valence electrons. The molecule has 0 spiro atoms. The Labute approximate surface area is 109 Å². The van der Waals surface area contributed by atoms with Crippen LogP contribution in [0.1, 0.15) is 26.3 Å². The molecule has 1 atom stereocenters. The van der Waals surface area contributed by atoms with Crippen molar-refractivity contribution in [3.63, 3.8) is 0 Å². The van der Waals surface area contributed by atoms with Crippen molar-refractivity contribution in [3.05, 3.63) is 29.8 Å². The summed E-state index contributed by atoms with van der Waals surface area (Å²) in [6.07, 6.45) is -0.433. The molecule has 4 heteroatoms. The zero-order valence-electron chi connectivity index (χ0n) is 11.5. The van der Waals surface area contributed by atoms with E-state index in [0.717, 1.165) is 5.56 Å². The maximum Gasteiger partial charge on any atom is 0.251 e. The number of amides is 1. The van der Waals surface area contributed by atoms with E-state index in [-0.39, 0.29) is 11.9 Å². The summed E-state index contributed by atoms with van der Waals surface area (Å²) in [7, 11) is 1.54. The molecule has 4 nitrogen and oxygen atoms in total. The van der Waals surface area contributed by atoms with Crippen LogP contribution < -0.4 is 5.73 Å². The summed E-state index contributed by atoms with van der Waals surface area (Å²) in [5, 5.41) is 0. The van der Waals surface area contributed by atoms with E-state index in [4.69, 9.17) is 10.5 Å². The van der Waals surface area contributed by atoms with Gasteiger partial charge in [-0.25, -0.2) is 0 Å². The lowest BCUT2D eigenvalue weighted by Gasteiger charge is -2.29. The van der Waals surface area contributed by atoms with E-state index in [0.29, 0.717) is 12.2 Å². The number of nitrogens with zero attached hydrogens (tertiary/aromatic N) is 1. The van der Waals surface area contributed by atoms with Crippen molar-refractivity contribution in [2.24, 2.45) is 0 Å². The molecule has 18 heavy (non-hydrogen) atoms. The van der Waals surface area contributed by atoms with Crippen LogP contribution in [0.25, 0.3) is 0 Å². The van der Waals surface area contributed by atoms with Crippen molar-refractivity contribution in [2.75, 3.05) is 12.8 Å². The van der Waals surface area contributed by atoms with E-state index in [9.17, 15) is 4.79 Å². The summed E-state index contributed by atoms with van der Waals surface area (Å²) in [6.45, 7) is 6.24. The molecule has 0 bridgehead atoms. The summed E-state index contributed by atoms with van der Waals surface area (Å²) >= 11 is 0. The van der Waals surface area contributed by atoms with Crippen molar-refractivity contribution in [2.45, 2.75) is 39.5 Å². The molecular formula is C14H22N2O2. The molecule has 1 amide bonds. The fourth-order valence-electron chi connectivity index (χ4n) is 1.71. The number of para-hydroxylation sites is 1. The normalized spacial score (nSPS) is 12.5. The first-order chi connectivity index (χ1) is 8.47. The standard InChI is InChI=1S/C14H22N2O2/c1-10(2)16(14(17)11(3)18-4)9-12-7-5-6-8-13(12)15/h5-8,10-11H,9,15H2,1-4H3. The third-order valence-corrected chi connectivity index (χ3v) is 3.00. The summed E-state index contributed by atoms with van der Waals surface area (Å²) in [5.41, 5.74) is 7.58. The third kappa shape index (κ3) is 3.47. The first kappa shape index (κ1) is 14.5. The highest BCUT2D eigenvalue weighted by atomic mass is 16.5. The number of carbonyl (C=O) groups is 1. The number of nitrogen functional groups attached to an aromatic ring is 1. The molecule has 2 N–H and O–H groups in total. The van der Waals surface area contributed by atoms with Crippen molar-refractivity contribution < 1.29 is 9.53 Å². The largest absolute Gasteiger partial charge is 0.398 e. The van der Waals surface area contributed by atoms with Crippen LogP contribution in [-0.2, 0) is 16.1 Å². The Kier molecular flexibility index (Phi) is 5.16. The van der Waals surface area contributed by atoms with Crippen molar-refractivity contribution in [1.82, 2.24) is 4.90 Å². The summed E-state index contributed by atoms with van der Waals surface area (Å²) in [4.78, 5) is 14.0. The molecule has 0 aliphatic heterocycles. The van der Waals surface area contributed by atoms with Gasteiger partial charge in [-0.1, -0.05) is 18.2 Å². The Morgan fingerprint density at radius 1 is 1.33 bits per heavy atom. The number of rotatable bonds is 5. The topological polar surface area (TPSA) is 55.6 Å². The maximum atomic E-state index is 12.2. The lowest BCUT2D eigenvalue weighted by atomic mass is 10.1. The molecule has 0 radical (unpaired) electrons. The number of ether oxygens (including phenoxy) is 1. The van der Waals surface area contributed by atoms with Gasteiger partial charge in [0.25, 0.3) is 5.91 Å². The van der Waals surface area contributed by atoms with Crippen molar-refractivity contribution >= 4 is 11.6 Å². The highest BCUT2D eigenvalue weighted by Crippen LogP contribution is 2.16. The Bertz CT molecular complexity index is 405. The van der Waals surface area contributed by atoms with E-state index >= 15 is 0 Å². The Morgan fingerprint density at radius 2 is 1.94 bits per heavy atom. The fourth-order valence-corrected chi connectivity index (χ4v) is 1.71. The molecule has 1 aromatic rings. The Hall–Kier alpha value is -1.55. The molecule has 0 saturated carbocycles. The SMILES string of the molecule is COC(C)C(=O)N(Cc1ccccc1N)C(C)C. The van der Waals surface area contributed by atoms with E-state index in [1.165, 1.54) is 7.11 Å². The quantitative estimate of drug-likeness (QED) is 0.814. The maximum absolute atomic E-state index is 12.2. The zero-order valence-corrected chi connectivity index (χ0v) is 11.5. The van der Waals surface area contributed by atoms with E-state index in [1.807, 2.05) is 38.1 Å². The minimum atomic E-state index is -0.433. The summed E-state index contributed by atoms with van der Waals surface area (Å²) in [5.74, 6) is -0.0178. The predicted octanol–water partition coefficient (Wildman–Crippen LogP) is 2.04. The number of hydrogen-bond acceptors (Lipinski definition) is 3. The van der Waals surface area contributed by atoms with Gasteiger partial charge < -0.3 is 15.4 Å². The Morgan fingerprint density at radius 3 is 2.44 bits per heavy atom. The van der Waals surface area contributed by atoms with Gasteiger partial charge in [-0.15, -0.1) is 0 Å². The highest BCUT2D eigenvalue weighted by Gasteiger charge is 2.23. The summed E-state index contributed by atoms with van der Waals surface area (Å²) in [6, 6.07) is 7.70. The van der Waals surface area contributed by atoms with Crippen LogP contribution in [0.5, 0.6) is 0 Å². The van der Waals surface area contributed by atoms with Gasteiger partial charge in [0, 0.05) is 25.4 Å². The second-order valence-electron chi connectivity index (χ2n) is 4.64. The average molecular weight is 250 g/mol. The van der Waals surface area contributed by atoms with Crippen LogP contribution in [0.4, 0.5) is 5.69 Å². The minimum Gasteiger partial charge on any atom is -0.398 e. The van der Waals surface area contributed by atoms with Crippen LogP contribution in [0.15, 0.2) is 24.3 Å². The number of benzene rings is 1. The Balaban J connectivity index is 2.88. The molecule has 0 saturated heterocycles. The third-order valence-electron chi connectivity index (χ3n) is 3.00. The molecule has 0 aliphatic rings. The molecule has 0 heterocycles. The molecule has 1 unspecified atom stereocenters. The van der Waals surface area contributed by atoms with Gasteiger partial charge >= 0.3 is 0 Å². The van der Waals surface area contributed by atoms with Crippen LogP contribution >= 0.6 is 0 Å². The number of methoxy groups -OCH3 is 1. The van der Waals surface area contributed by atoms with Gasteiger partial charge in [0.05, 0.1) is 0 Å². The van der Waals surface area contributed by atoms with Crippen molar-refractivity contribution in [3.8, 4) is 0 Å². The summed E-state index contributed by atoms with van der Waals surface area (Å²) < 4.78 is 5.09. The number of nitrogens with two attached hydrogens (primary N) is 1.